The van der Waals surface area contributed by atoms with Gasteiger partial charge in [-0.05, 0) is 53.1 Å². The summed E-state index contributed by atoms with van der Waals surface area (Å²) in [5.41, 5.74) is 9.61. The summed E-state index contributed by atoms with van der Waals surface area (Å²) in [7, 11) is 0. The van der Waals surface area contributed by atoms with Gasteiger partial charge < -0.3 is 9.32 Å². The molecule has 0 aliphatic rings. The second-order valence-electron chi connectivity index (χ2n) is 11.3. The Morgan fingerprint density at radius 1 is 0.467 bits per heavy atom. The summed E-state index contributed by atoms with van der Waals surface area (Å²) < 4.78 is 9.34. The molecule has 0 amide bonds. The van der Waals surface area contributed by atoms with Crippen LogP contribution in [0.4, 0.5) is 17.1 Å². The molecular formula is C42H27NOS. The highest BCUT2D eigenvalue weighted by atomic mass is 32.1. The molecule has 2 aromatic heterocycles. The summed E-state index contributed by atoms with van der Waals surface area (Å²) in [5, 5.41) is 4.76. The maximum atomic E-state index is 6.82. The van der Waals surface area contributed by atoms with Crippen LogP contribution in [-0.4, -0.2) is 0 Å². The van der Waals surface area contributed by atoms with E-state index in [-0.39, 0.29) is 0 Å². The summed E-state index contributed by atoms with van der Waals surface area (Å²) >= 11 is 1.85. The van der Waals surface area contributed by atoms with E-state index < -0.39 is 0 Å². The smallest absolute Gasteiger partial charge is 0.160 e. The summed E-state index contributed by atoms with van der Waals surface area (Å²) in [4.78, 5) is 2.43. The van der Waals surface area contributed by atoms with E-state index in [1.807, 2.05) is 17.4 Å². The minimum absolute atomic E-state index is 0.876. The van der Waals surface area contributed by atoms with Crippen LogP contribution in [0.15, 0.2) is 168 Å². The number of furan rings is 1. The maximum absolute atomic E-state index is 6.82. The van der Waals surface area contributed by atoms with Crippen molar-refractivity contribution in [2.24, 2.45) is 0 Å². The van der Waals surface area contributed by atoms with Crippen molar-refractivity contribution in [1.29, 1.82) is 0 Å². The number of hydrogen-bond donors (Lipinski definition) is 0. The van der Waals surface area contributed by atoms with Gasteiger partial charge in [0.25, 0.3) is 0 Å². The fourth-order valence-electron chi connectivity index (χ4n) is 6.60. The predicted molar refractivity (Wildman–Crippen MR) is 192 cm³/mol. The minimum atomic E-state index is 0.876. The molecule has 212 valence electrons. The number of fused-ring (bicyclic) bond motifs is 6. The fourth-order valence-corrected chi connectivity index (χ4v) is 7.81. The van der Waals surface area contributed by atoms with Gasteiger partial charge >= 0.3 is 0 Å². The van der Waals surface area contributed by atoms with E-state index in [2.05, 4.69) is 163 Å². The Morgan fingerprint density at radius 3 is 1.98 bits per heavy atom. The highest BCUT2D eigenvalue weighted by Gasteiger charge is 2.26. The molecule has 0 aliphatic carbocycles. The lowest BCUT2D eigenvalue weighted by molar-refractivity contribution is 0.669. The number of benzene rings is 7. The Bertz CT molecular complexity index is 2490. The lowest BCUT2D eigenvalue weighted by atomic mass is 9.98. The Hall–Kier alpha value is -5.64. The second-order valence-corrected chi connectivity index (χ2v) is 12.4. The van der Waals surface area contributed by atoms with Gasteiger partial charge in [0.05, 0.1) is 16.1 Å². The lowest BCUT2D eigenvalue weighted by Crippen LogP contribution is -2.12. The Balaban J connectivity index is 1.42. The van der Waals surface area contributed by atoms with Crippen molar-refractivity contribution in [3.63, 3.8) is 0 Å². The van der Waals surface area contributed by atoms with Crippen molar-refractivity contribution in [1.82, 2.24) is 0 Å². The summed E-state index contributed by atoms with van der Waals surface area (Å²) in [6.07, 6.45) is 0. The topological polar surface area (TPSA) is 16.4 Å². The van der Waals surface area contributed by atoms with Gasteiger partial charge in [-0.15, -0.1) is 11.3 Å². The van der Waals surface area contributed by atoms with Crippen LogP contribution in [0.5, 0.6) is 0 Å². The third-order valence-corrected chi connectivity index (χ3v) is 9.87. The molecule has 7 aromatic carbocycles. The molecule has 0 aliphatic heterocycles. The number of para-hydroxylation sites is 1. The Kier molecular flexibility index (Phi) is 6.03. The highest BCUT2D eigenvalue weighted by Crippen LogP contribution is 2.51. The van der Waals surface area contributed by atoms with Gasteiger partial charge in [0.2, 0.25) is 0 Å². The molecule has 45 heavy (non-hydrogen) atoms. The zero-order valence-electron chi connectivity index (χ0n) is 24.4. The zero-order valence-corrected chi connectivity index (χ0v) is 25.2. The van der Waals surface area contributed by atoms with Crippen LogP contribution in [-0.2, 0) is 0 Å². The van der Waals surface area contributed by atoms with Crippen LogP contribution in [0.2, 0.25) is 0 Å². The first-order chi connectivity index (χ1) is 22.3. The Labute approximate surface area is 265 Å². The molecule has 0 bridgehead atoms. The van der Waals surface area contributed by atoms with Crippen molar-refractivity contribution < 1.29 is 4.42 Å². The van der Waals surface area contributed by atoms with Gasteiger partial charge in [-0.3, -0.25) is 0 Å². The van der Waals surface area contributed by atoms with E-state index in [1.165, 1.54) is 31.3 Å². The third kappa shape index (κ3) is 4.24. The van der Waals surface area contributed by atoms with Crippen molar-refractivity contribution >= 4 is 70.5 Å². The first kappa shape index (κ1) is 25.8. The molecule has 0 atom stereocenters. The number of rotatable bonds is 5. The minimum Gasteiger partial charge on any atom is -0.454 e. The molecule has 0 unspecified atom stereocenters. The molecule has 9 aromatic rings. The van der Waals surface area contributed by atoms with E-state index in [1.54, 1.807) is 0 Å². The van der Waals surface area contributed by atoms with Crippen molar-refractivity contribution in [3.8, 4) is 22.3 Å². The molecule has 9 rings (SSSR count). The largest absolute Gasteiger partial charge is 0.454 e. The first-order valence-electron chi connectivity index (χ1n) is 15.2. The highest BCUT2D eigenvalue weighted by molar-refractivity contribution is 7.26. The summed E-state index contributed by atoms with van der Waals surface area (Å²) in [6.45, 7) is 0. The van der Waals surface area contributed by atoms with Crippen molar-refractivity contribution in [2.75, 3.05) is 4.90 Å². The normalized spacial score (nSPS) is 11.6. The van der Waals surface area contributed by atoms with E-state index in [4.69, 9.17) is 4.42 Å². The van der Waals surface area contributed by atoms with Gasteiger partial charge in [0, 0.05) is 37.5 Å². The predicted octanol–water partition coefficient (Wildman–Crippen LogP) is 12.8. The Morgan fingerprint density at radius 2 is 1.13 bits per heavy atom. The molecular weight excluding hydrogens is 567 g/mol. The molecule has 0 N–H and O–H groups in total. The van der Waals surface area contributed by atoms with Crippen LogP contribution in [0.3, 0.4) is 0 Å². The van der Waals surface area contributed by atoms with E-state index in [9.17, 15) is 0 Å². The molecule has 0 saturated carbocycles. The number of thiophene rings is 1. The third-order valence-electron chi connectivity index (χ3n) is 8.67. The zero-order chi connectivity index (χ0) is 29.7. The molecule has 2 nitrogen and oxygen atoms in total. The van der Waals surface area contributed by atoms with Gasteiger partial charge in [-0.2, -0.15) is 0 Å². The van der Waals surface area contributed by atoms with Crippen molar-refractivity contribution in [3.05, 3.63) is 164 Å². The lowest BCUT2D eigenvalue weighted by Gasteiger charge is -2.29. The quantitative estimate of drug-likeness (QED) is 0.197. The van der Waals surface area contributed by atoms with Crippen LogP contribution in [0, 0.1) is 0 Å². The maximum Gasteiger partial charge on any atom is 0.160 e. The number of nitrogens with zero attached hydrogens (tertiary/aromatic N) is 1. The van der Waals surface area contributed by atoms with Crippen LogP contribution >= 0.6 is 11.3 Å². The first-order valence-corrected chi connectivity index (χ1v) is 16.0. The number of hydrogen-bond acceptors (Lipinski definition) is 3. The molecule has 3 heteroatoms. The standard InChI is InChI=1S/C42H27NOS/c1-3-13-28(14-4-1)30-17-11-18-31(27-30)43(37-22-12-21-36-34-20-8-10-24-39(34)45-42(36)37)40-32(29-15-5-2-6-16-29)25-26-35-33-19-7-9-23-38(33)44-41(35)40/h1-27H. The van der Waals surface area contributed by atoms with Crippen molar-refractivity contribution in [2.45, 2.75) is 0 Å². The SMILES string of the molecule is c1ccc(-c2cccc(N(c3c(-c4ccccc4)ccc4c3oc3ccccc34)c3cccc4c3sc3ccccc34)c2)cc1. The van der Waals surface area contributed by atoms with Gasteiger partial charge in [-0.1, -0.05) is 127 Å². The van der Waals surface area contributed by atoms with E-state index >= 15 is 0 Å². The van der Waals surface area contributed by atoms with Gasteiger partial charge in [-0.25, -0.2) is 0 Å². The molecule has 2 heterocycles. The van der Waals surface area contributed by atoms with E-state index in [0.29, 0.717) is 0 Å². The molecule has 0 radical (unpaired) electrons. The monoisotopic (exact) mass is 593 g/mol. The van der Waals surface area contributed by atoms with Crippen LogP contribution in [0.1, 0.15) is 0 Å². The second kappa shape index (κ2) is 10.5. The average molecular weight is 594 g/mol. The van der Waals surface area contributed by atoms with Gasteiger partial charge in [0.15, 0.2) is 5.58 Å². The molecule has 0 spiro atoms. The summed E-state index contributed by atoms with van der Waals surface area (Å²) in [6, 6.07) is 58.3. The van der Waals surface area contributed by atoms with Crippen LogP contribution in [0.25, 0.3) is 64.4 Å². The van der Waals surface area contributed by atoms with Crippen LogP contribution < -0.4 is 4.90 Å². The molecule has 0 fully saturated rings. The fraction of sp³-hybridized carbons (Fsp3) is 0. The van der Waals surface area contributed by atoms with Gasteiger partial charge in [0.1, 0.15) is 5.58 Å². The van der Waals surface area contributed by atoms with E-state index in [0.717, 1.165) is 50.1 Å². The average Bonchev–Trinajstić information content (AvgIpc) is 3.69. The summed E-state index contributed by atoms with van der Waals surface area (Å²) in [5.74, 6) is 0. The molecule has 0 saturated heterocycles. The number of anilines is 3.